The molecule has 0 saturated heterocycles. The van der Waals surface area contributed by atoms with E-state index in [0.29, 0.717) is 11.3 Å². The molecule has 3 amide bonds. The molecule has 2 aromatic carbocycles. The molecule has 1 heterocycles. The van der Waals surface area contributed by atoms with Crippen LogP contribution in [0.15, 0.2) is 59.1 Å². The number of urea groups is 1. The Kier molecular flexibility index (Phi) is 6.42. The van der Waals surface area contributed by atoms with E-state index in [0.717, 1.165) is 11.8 Å². The topological polar surface area (TPSA) is 160 Å². The van der Waals surface area contributed by atoms with Gasteiger partial charge >= 0.3 is 6.03 Å². The van der Waals surface area contributed by atoms with Gasteiger partial charge in [0, 0.05) is 23.7 Å². The number of nitro benzene ring substituents is 1. The van der Waals surface area contributed by atoms with Crippen LogP contribution >= 0.6 is 11.8 Å². The number of nitrogens with two attached hydrogens (primary N) is 1. The maximum atomic E-state index is 12.8. The molecule has 0 radical (unpaired) electrons. The predicted octanol–water partition coefficient (Wildman–Crippen LogP) is 2.84. The van der Waals surface area contributed by atoms with Gasteiger partial charge in [0.25, 0.3) is 5.69 Å². The van der Waals surface area contributed by atoms with Crippen molar-refractivity contribution in [3.05, 3.63) is 74.8 Å². The Morgan fingerprint density at radius 1 is 1.19 bits per heavy atom. The Labute approximate surface area is 181 Å². The molecule has 0 fully saturated rings. The van der Waals surface area contributed by atoms with Gasteiger partial charge in [-0.2, -0.15) is 5.26 Å². The Morgan fingerprint density at radius 3 is 2.39 bits per heavy atom. The number of nitrogens with zero attached hydrogens (tertiary/aromatic N) is 2. The molecule has 1 aliphatic rings. The van der Waals surface area contributed by atoms with E-state index in [2.05, 4.69) is 16.7 Å². The zero-order chi connectivity index (χ0) is 22.5. The minimum atomic E-state index is -0.828. The van der Waals surface area contributed by atoms with Crippen molar-refractivity contribution in [2.45, 2.75) is 11.2 Å². The Hall–Kier alpha value is -4.04. The lowest BCUT2D eigenvalue weighted by Crippen LogP contribution is -2.41. The summed E-state index contributed by atoms with van der Waals surface area (Å²) in [4.78, 5) is 35.2. The van der Waals surface area contributed by atoms with Gasteiger partial charge in [0.1, 0.15) is 11.0 Å². The van der Waals surface area contributed by atoms with Crippen molar-refractivity contribution in [2.75, 3.05) is 12.4 Å². The van der Waals surface area contributed by atoms with Crippen LogP contribution in [0.2, 0.25) is 0 Å². The van der Waals surface area contributed by atoms with E-state index >= 15 is 0 Å². The number of non-ortho nitro benzene ring substituents is 1. The maximum absolute atomic E-state index is 12.8. The number of nitriles is 1. The quantitative estimate of drug-likeness (QED) is 0.473. The normalized spacial score (nSPS) is 17.5. The van der Waals surface area contributed by atoms with Crippen molar-refractivity contribution < 1.29 is 19.2 Å². The summed E-state index contributed by atoms with van der Waals surface area (Å²) in [5, 5.41) is 24.3. The molecular formula is C20H17N5O5S. The number of hydrogen-bond acceptors (Lipinski definition) is 8. The summed E-state index contributed by atoms with van der Waals surface area (Å²) in [5.41, 5.74) is 7.04. The van der Waals surface area contributed by atoms with E-state index in [1.807, 2.05) is 0 Å². The monoisotopic (exact) mass is 439 g/mol. The number of anilines is 1. The van der Waals surface area contributed by atoms with Gasteiger partial charge in [0.2, 0.25) is 5.91 Å². The molecule has 4 N–H and O–H groups in total. The Morgan fingerprint density at radius 2 is 1.84 bits per heavy atom. The zero-order valence-electron chi connectivity index (χ0n) is 16.2. The number of methoxy groups -OCH3 is 1. The van der Waals surface area contributed by atoms with E-state index in [1.54, 1.807) is 24.3 Å². The fraction of sp³-hybridized carbons (Fsp3) is 0.150. The Balaban J connectivity index is 1.73. The van der Waals surface area contributed by atoms with Crippen molar-refractivity contribution in [1.82, 2.24) is 5.32 Å². The standard InChI is InChI=1S/C20H17N5O5S/c1-30-14-8-2-11(3-9-14)16-15(10-21)18(22)31-17(16)19(26)24-20(27)23-12-4-6-13(7-5-12)25(28)29/h2-9,16-17H,22H2,1H3,(H2,23,24,26,27)/t16-,17-/m1/s1. The highest BCUT2D eigenvalue weighted by molar-refractivity contribution is 8.04. The third-order valence-electron chi connectivity index (χ3n) is 4.56. The number of carbonyl (C=O) groups is 2. The Bertz CT molecular complexity index is 1090. The molecule has 2 aromatic rings. The van der Waals surface area contributed by atoms with Crippen molar-refractivity contribution in [3.8, 4) is 11.8 Å². The third-order valence-corrected chi connectivity index (χ3v) is 5.77. The molecule has 0 aliphatic carbocycles. The van der Waals surface area contributed by atoms with Gasteiger partial charge < -0.3 is 15.8 Å². The minimum Gasteiger partial charge on any atom is -0.497 e. The molecule has 31 heavy (non-hydrogen) atoms. The first-order valence-corrected chi connectivity index (χ1v) is 9.78. The summed E-state index contributed by atoms with van der Waals surface area (Å²) in [7, 11) is 1.53. The lowest BCUT2D eigenvalue weighted by atomic mass is 9.88. The summed E-state index contributed by atoms with van der Waals surface area (Å²) in [6, 6.07) is 13.3. The molecule has 0 aromatic heterocycles. The van der Waals surface area contributed by atoms with Crippen LogP contribution in [0, 0.1) is 21.4 Å². The number of carbonyl (C=O) groups excluding carboxylic acids is 2. The number of imide groups is 1. The lowest BCUT2D eigenvalue weighted by molar-refractivity contribution is -0.384. The fourth-order valence-electron chi connectivity index (χ4n) is 3.07. The first-order valence-electron chi connectivity index (χ1n) is 8.90. The molecule has 11 heteroatoms. The van der Waals surface area contributed by atoms with Crippen molar-refractivity contribution >= 4 is 35.1 Å². The molecular weight excluding hydrogens is 422 g/mol. The number of hydrogen-bond donors (Lipinski definition) is 3. The van der Waals surface area contributed by atoms with E-state index < -0.39 is 28.0 Å². The van der Waals surface area contributed by atoms with E-state index in [9.17, 15) is 25.0 Å². The van der Waals surface area contributed by atoms with Crippen LogP contribution in [0.3, 0.4) is 0 Å². The summed E-state index contributed by atoms with van der Waals surface area (Å²) < 4.78 is 5.13. The molecule has 3 rings (SSSR count). The molecule has 1 aliphatic heterocycles. The second-order valence-electron chi connectivity index (χ2n) is 6.43. The highest BCUT2D eigenvalue weighted by Crippen LogP contribution is 2.45. The van der Waals surface area contributed by atoms with Gasteiger partial charge in [-0.15, -0.1) is 0 Å². The summed E-state index contributed by atoms with van der Waals surface area (Å²) >= 11 is 1.01. The van der Waals surface area contributed by atoms with Gasteiger partial charge in [-0.1, -0.05) is 23.9 Å². The van der Waals surface area contributed by atoms with Crippen LogP contribution in [-0.4, -0.2) is 29.2 Å². The number of nitrogens with one attached hydrogen (secondary N) is 2. The summed E-state index contributed by atoms with van der Waals surface area (Å²) in [6.07, 6.45) is 0. The van der Waals surface area contributed by atoms with Crippen LogP contribution in [0.4, 0.5) is 16.2 Å². The minimum absolute atomic E-state index is 0.127. The fourth-order valence-corrected chi connectivity index (χ4v) is 4.24. The SMILES string of the molecule is COc1ccc([C@@H]2C(C#N)=C(N)S[C@H]2C(=O)NC(=O)Nc2ccc([N+](=O)[O-])cc2)cc1. The highest BCUT2D eigenvalue weighted by atomic mass is 32.2. The van der Waals surface area contributed by atoms with E-state index in [-0.39, 0.29) is 22.0 Å². The zero-order valence-corrected chi connectivity index (χ0v) is 17.0. The number of allylic oxidation sites excluding steroid dienone is 1. The number of thioether (sulfide) groups is 1. The van der Waals surface area contributed by atoms with Crippen LogP contribution < -0.4 is 21.1 Å². The molecule has 10 nitrogen and oxygen atoms in total. The number of ether oxygens (including phenoxy) is 1. The molecule has 0 bridgehead atoms. The molecule has 0 saturated carbocycles. The van der Waals surface area contributed by atoms with Crippen LogP contribution in [0.25, 0.3) is 0 Å². The number of rotatable bonds is 5. The molecule has 0 unspecified atom stereocenters. The number of amides is 3. The van der Waals surface area contributed by atoms with Gasteiger partial charge in [-0.25, -0.2) is 4.79 Å². The smallest absolute Gasteiger partial charge is 0.325 e. The summed E-state index contributed by atoms with van der Waals surface area (Å²) in [6.45, 7) is 0. The summed E-state index contributed by atoms with van der Waals surface area (Å²) in [5.74, 6) is -0.639. The largest absolute Gasteiger partial charge is 0.497 e. The van der Waals surface area contributed by atoms with E-state index in [1.165, 1.54) is 31.4 Å². The highest BCUT2D eigenvalue weighted by Gasteiger charge is 2.41. The van der Waals surface area contributed by atoms with Crippen LogP contribution in [0.5, 0.6) is 5.75 Å². The average molecular weight is 439 g/mol. The van der Waals surface area contributed by atoms with Crippen LogP contribution in [-0.2, 0) is 4.79 Å². The molecule has 0 spiro atoms. The van der Waals surface area contributed by atoms with Crippen LogP contribution in [0.1, 0.15) is 11.5 Å². The predicted molar refractivity (Wildman–Crippen MR) is 114 cm³/mol. The lowest BCUT2D eigenvalue weighted by Gasteiger charge is -2.19. The number of nitro groups is 1. The first-order chi connectivity index (χ1) is 14.8. The maximum Gasteiger partial charge on any atom is 0.325 e. The molecule has 158 valence electrons. The average Bonchev–Trinajstić information content (AvgIpc) is 3.10. The second kappa shape index (κ2) is 9.19. The van der Waals surface area contributed by atoms with Gasteiger partial charge in [-0.05, 0) is 29.8 Å². The number of benzene rings is 2. The van der Waals surface area contributed by atoms with Gasteiger partial charge in [-0.3, -0.25) is 20.2 Å². The van der Waals surface area contributed by atoms with Gasteiger partial charge in [0.15, 0.2) is 0 Å². The van der Waals surface area contributed by atoms with Gasteiger partial charge in [0.05, 0.1) is 28.7 Å². The van der Waals surface area contributed by atoms with Crippen molar-refractivity contribution in [3.63, 3.8) is 0 Å². The second-order valence-corrected chi connectivity index (χ2v) is 7.61. The van der Waals surface area contributed by atoms with E-state index in [4.69, 9.17) is 10.5 Å². The third kappa shape index (κ3) is 4.76. The van der Waals surface area contributed by atoms with Crippen molar-refractivity contribution in [2.24, 2.45) is 5.73 Å². The van der Waals surface area contributed by atoms with Crippen molar-refractivity contribution in [1.29, 1.82) is 5.26 Å². The first kappa shape index (κ1) is 21.7. The molecule has 2 atom stereocenters.